The summed E-state index contributed by atoms with van der Waals surface area (Å²) in [4.78, 5) is 23.6. The van der Waals surface area contributed by atoms with Crippen molar-refractivity contribution in [1.82, 2.24) is 10.6 Å². The van der Waals surface area contributed by atoms with E-state index in [2.05, 4.69) is 10.6 Å². The lowest BCUT2D eigenvalue weighted by Gasteiger charge is -2.09. The Labute approximate surface area is 146 Å². The maximum absolute atomic E-state index is 11.8. The number of para-hydroxylation sites is 1. The molecule has 0 saturated carbocycles. The minimum atomic E-state index is -0.669. The molecule has 0 aliphatic heterocycles. The van der Waals surface area contributed by atoms with Crippen LogP contribution in [0.25, 0.3) is 0 Å². The Morgan fingerprint density at radius 1 is 1.00 bits per heavy atom. The quantitative estimate of drug-likeness (QED) is 0.789. The van der Waals surface area contributed by atoms with Gasteiger partial charge in [0.15, 0.2) is 0 Å². The summed E-state index contributed by atoms with van der Waals surface area (Å²) < 4.78 is 5.20. The van der Waals surface area contributed by atoms with Crippen LogP contribution in [0.15, 0.2) is 48.5 Å². The number of hydrogen-bond donors (Lipinski definition) is 2. The highest BCUT2D eigenvalue weighted by Crippen LogP contribution is 2.16. The van der Waals surface area contributed by atoms with Gasteiger partial charge in [-0.3, -0.25) is 9.59 Å². The molecule has 0 aliphatic carbocycles. The van der Waals surface area contributed by atoms with Crippen LogP contribution in [0, 0.1) is 0 Å². The first kappa shape index (κ1) is 17.8. The molecule has 0 heterocycles. The molecular weight excluding hydrogens is 328 g/mol. The molecule has 126 valence electrons. The summed E-state index contributed by atoms with van der Waals surface area (Å²) in [5.41, 5.74) is 1.84. The predicted molar refractivity (Wildman–Crippen MR) is 93.0 cm³/mol. The van der Waals surface area contributed by atoms with Crippen molar-refractivity contribution < 1.29 is 14.3 Å². The van der Waals surface area contributed by atoms with Gasteiger partial charge in [0.2, 0.25) is 0 Å². The number of carbonyl (C=O) groups excluding carboxylic acids is 2. The van der Waals surface area contributed by atoms with Gasteiger partial charge in [0.1, 0.15) is 5.75 Å². The Morgan fingerprint density at radius 2 is 1.67 bits per heavy atom. The Hall–Kier alpha value is -2.53. The molecule has 0 saturated heterocycles. The van der Waals surface area contributed by atoms with Crippen LogP contribution < -0.4 is 15.4 Å². The molecule has 0 bridgehead atoms. The average Bonchev–Trinajstić information content (AvgIpc) is 2.61. The van der Waals surface area contributed by atoms with Crippen LogP contribution >= 0.6 is 11.6 Å². The highest BCUT2D eigenvalue weighted by molar-refractivity contribution is 6.35. The summed E-state index contributed by atoms with van der Waals surface area (Å²) in [5, 5.41) is 5.84. The van der Waals surface area contributed by atoms with Gasteiger partial charge in [-0.25, -0.2) is 0 Å². The van der Waals surface area contributed by atoms with Crippen LogP contribution in [0.4, 0.5) is 0 Å². The molecule has 2 N–H and O–H groups in total. The molecule has 6 heteroatoms. The first-order valence-electron chi connectivity index (χ1n) is 7.52. The highest BCUT2D eigenvalue weighted by atomic mass is 35.5. The number of carbonyl (C=O) groups is 2. The van der Waals surface area contributed by atoms with Gasteiger partial charge in [-0.05, 0) is 30.2 Å². The third-order valence-corrected chi connectivity index (χ3v) is 3.70. The topological polar surface area (TPSA) is 67.4 Å². The fourth-order valence-corrected chi connectivity index (χ4v) is 2.28. The highest BCUT2D eigenvalue weighted by Gasteiger charge is 2.13. The Kier molecular flexibility index (Phi) is 6.63. The second kappa shape index (κ2) is 8.93. The maximum atomic E-state index is 11.8. The largest absolute Gasteiger partial charge is 0.496 e. The van der Waals surface area contributed by atoms with Gasteiger partial charge in [-0.1, -0.05) is 41.9 Å². The van der Waals surface area contributed by atoms with Crippen molar-refractivity contribution in [2.45, 2.75) is 13.0 Å². The van der Waals surface area contributed by atoms with Gasteiger partial charge < -0.3 is 15.4 Å². The van der Waals surface area contributed by atoms with Crippen molar-refractivity contribution in [2.24, 2.45) is 0 Å². The molecule has 0 spiro atoms. The van der Waals surface area contributed by atoms with E-state index in [0.717, 1.165) is 11.1 Å². The number of nitrogens with one attached hydrogen (secondary N) is 2. The molecule has 0 unspecified atom stereocenters. The molecule has 0 radical (unpaired) electrons. The van der Waals surface area contributed by atoms with Crippen LogP contribution in [-0.4, -0.2) is 25.5 Å². The number of hydrogen-bond acceptors (Lipinski definition) is 3. The summed E-state index contributed by atoms with van der Waals surface area (Å²) >= 11 is 5.81. The van der Waals surface area contributed by atoms with Crippen LogP contribution in [0.2, 0.25) is 5.02 Å². The first-order chi connectivity index (χ1) is 11.6. The minimum absolute atomic E-state index is 0.230. The van der Waals surface area contributed by atoms with Gasteiger partial charge in [0.25, 0.3) is 0 Å². The molecule has 5 nitrogen and oxygen atoms in total. The zero-order valence-electron chi connectivity index (χ0n) is 13.3. The van der Waals surface area contributed by atoms with Gasteiger partial charge in [-0.2, -0.15) is 0 Å². The molecular formula is C18H19ClN2O3. The monoisotopic (exact) mass is 346 g/mol. The fraction of sp³-hybridized carbons (Fsp3) is 0.222. The van der Waals surface area contributed by atoms with Crippen molar-refractivity contribution in [3.8, 4) is 5.75 Å². The molecule has 0 aliphatic rings. The van der Waals surface area contributed by atoms with Gasteiger partial charge >= 0.3 is 11.8 Å². The van der Waals surface area contributed by atoms with E-state index in [4.69, 9.17) is 16.3 Å². The number of halogens is 1. The number of ether oxygens (including phenoxy) is 1. The summed E-state index contributed by atoms with van der Waals surface area (Å²) in [6, 6.07) is 14.7. The zero-order chi connectivity index (χ0) is 17.4. The van der Waals surface area contributed by atoms with Crippen molar-refractivity contribution >= 4 is 23.4 Å². The Balaban J connectivity index is 1.76. The van der Waals surface area contributed by atoms with Crippen molar-refractivity contribution in [1.29, 1.82) is 0 Å². The van der Waals surface area contributed by atoms with Crippen LogP contribution in [0.5, 0.6) is 5.75 Å². The number of amides is 2. The molecule has 2 rings (SSSR count). The van der Waals surface area contributed by atoms with E-state index in [1.807, 2.05) is 30.3 Å². The molecule has 0 atom stereocenters. The summed E-state index contributed by atoms with van der Waals surface area (Å²) in [6.07, 6.45) is 0.628. The lowest BCUT2D eigenvalue weighted by molar-refractivity contribution is -0.139. The van der Waals surface area contributed by atoms with Gasteiger partial charge in [0, 0.05) is 23.7 Å². The SMILES string of the molecule is COc1ccccc1CNC(=O)C(=O)NCCc1ccc(Cl)cc1. The predicted octanol–water partition coefficient (Wildman–Crippen LogP) is 2.32. The van der Waals surface area contributed by atoms with E-state index in [1.165, 1.54) is 0 Å². The smallest absolute Gasteiger partial charge is 0.309 e. The Morgan fingerprint density at radius 3 is 2.38 bits per heavy atom. The van der Waals surface area contributed by atoms with E-state index in [0.29, 0.717) is 23.7 Å². The van der Waals surface area contributed by atoms with Crippen molar-refractivity contribution in [2.75, 3.05) is 13.7 Å². The third-order valence-electron chi connectivity index (χ3n) is 3.45. The average molecular weight is 347 g/mol. The lowest BCUT2D eigenvalue weighted by Crippen LogP contribution is -2.40. The van der Waals surface area contributed by atoms with Crippen molar-refractivity contribution in [3.05, 3.63) is 64.7 Å². The molecule has 0 aromatic heterocycles. The summed E-state index contributed by atoms with van der Waals surface area (Å²) in [6.45, 7) is 0.607. The van der Waals surface area contributed by atoms with E-state index in [1.54, 1.807) is 25.3 Å². The van der Waals surface area contributed by atoms with Crippen molar-refractivity contribution in [3.63, 3.8) is 0 Å². The lowest BCUT2D eigenvalue weighted by atomic mass is 10.1. The molecule has 24 heavy (non-hydrogen) atoms. The van der Waals surface area contributed by atoms with Gasteiger partial charge in [0.05, 0.1) is 7.11 Å². The molecule has 2 amide bonds. The molecule has 2 aromatic carbocycles. The Bertz CT molecular complexity index is 702. The van der Waals surface area contributed by atoms with Crippen LogP contribution in [-0.2, 0) is 22.6 Å². The number of methoxy groups -OCH3 is 1. The van der Waals surface area contributed by atoms with E-state index < -0.39 is 11.8 Å². The normalized spacial score (nSPS) is 10.1. The van der Waals surface area contributed by atoms with Gasteiger partial charge in [-0.15, -0.1) is 0 Å². The fourth-order valence-electron chi connectivity index (χ4n) is 2.16. The molecule has 2 aromatic rings. The maximum Gasteiger partial charge on any atom is 0.309 e. The van der Waals surface area contributed by atoms with E-state index >= 15 is 0 Å². The van der Waals surface area contributed by atoms with Crippen LogP contribution in [0.3, 0.4) is 0 Å². The first-order valence-corrected chi connectivity index (χ1v) is 7.90. The van der Waals surface area contributed by atoms with E-state index in [-0.39, 0.29) is 6.54 Å². The van der Waals surface area contributed by atoms with E-state index in [9.17, 15) is 9.59 Å². The number of benzene rings is 2. The molecule has 0 fully saturated rings. The second-order valence-electron chi connectivity index (χ2n) is 5.13. The second-order valence-corrected chi connectivity index (χ2v) is 5.56. The summed E-state index contributed by atoms with van der Waals surface area (Å²) in [5.74, 6) is -0.656. The number of rotatable bonds is 6. The van der Waals surface area contributed by atoms with Crippen LogP contribution in [0.1, 0.15) is 11.1 Å². The standard InChI is InChI=1S/C18H19ClN2O3/c1-24-16-5-3-2-4-14(16)12-21-18(23)17(22)20-11-10-13-6-8-15(19)9-7-13/h2-9H,10-12H2,1H3,(H,20,22)(H,21,23). The zero-order valence-corrected chi connectivity index (χ0v) is 14.1. The third kappa shape index (κ3) is 5.28. The minimum Gasteiger partial charge on any atom is -0.496 e. The summed E-state index contributed by atoms with van der Waals surface area (Å²) in [7, 11) is 1.56.